The van der Waals surface area contributed by atoms with Crippen LogP contribution in [-0.4, -0.2) is 39.9 Å². The molecule has 7 nitrogen and oxygen atoms in total. The van der Waals surface area contributed by atoms with Crippen LogP contribution in [0.5, 0.6) is 0 Å². The lowest BCUT2D eigenvalue weighted by molar-refractivity contribution is -0.119. The van der Waals surface area contributed by atoms with Crippen molar-refractivity contribution in [2.75, 3.05) is 18.5 Å². The van der Waals surface area contributed by atoms with Crippen molar-refractivity contribution in [2.24, 2.45) is 11.7 Å². The summed E-state index contributed by atoms with van der Waals surface area (Å²) in [5.41, 5.74) is 6.93. The third-order valence-electron chi connectivity index (χ3n) is 3.84. The molecule has 1 aliphatic heterocycles. The van der Waals surface area contributed by atoms with E-state index in [0.29, 0.717) is 19.0 Å². The Bertz CT molecular complexity index is 622. The molecule has 2 aromatic heterocycles. The number of amides is 1. The Morgan fingerprint density at radius 1 is 1.32 bits per heavy atom. The number of carbonyl (C=O) groups excluding carboxylic acids is 1. The summed E-state index contributed by atoms with van der Waals surface area (Å²) in [6, 6.07) is 4.89. The molecule has 0 aromatic carbocycles. The van der Waals surface area contributed by atoms with E-state index in [0.717, 1.165) is 18.5 Å². The first kappa shape index (κ1) is 14.7. The van der Waals surface area contributed by atoms with Crippen LogP contribution in [0.15, 0.2) is 36.8 Å². The molecule has 2 aromatic rings. The molecule has 0 bridgehead atoms. The predicted octanol–water partition coefficient (Wildman–Crippen LogP) is 0.960. The van der Waals surface area contributed by atoms with Crippen molar-refractivity contribution in [3.63, 3.8) is 0 Å². The second kappa shape index (κ2) is 6.67. The summed E-state index contributed by atoms with van der Waals surface area (Å²) in [5.74, 6) is 0.451. The molecule has 3 rings (SSSR count). The number of hydrogen-bond acceptors (Lipinski definition) is 5. The number of aromatic nitrogens is 3. The van der Waals surface area contributed by atoms with Crippen LogP contribution in [0.1, 0.15) is 12.8 Å². The van der Waals surface area contributed by atoms with Crippen LogP contribution in [-0.2, 0) is 9.53 Å². The SMILES string of the molecule is NC(C(=O)Nc1ccn(-c2ccncc2)n1)C1CCOCC1. The molecule has 1 amide bonds. The Hall–Kier alpha value is -2.25. The minimum atomic E-state index is -0.532. The molecule has 0 radical (unpaired) electrons. The Balaban J connectivity index is 1.63. The molecule has 1 aliphatic rings. The molecule has 7 heteroatoms. The number of anilines is 1. The summed E-state index contributed by atoms with van der Waals surface area (Å²) in [4.78, 5) is 16.2. The topological polar surface area (TPSA) is 95.1 Å². The Morgan fingerprint density at radius 2 is 2.05 bits per heavy atom. The van der Waals surface area contributed by atoms with Crippen molar-refractivity contribution < 1.29 is 9.53 Å². The number of nitrogens with two attached hydrogens (primary N) is 1. The zero-order valence-electron chi connectivity index (χ0n) is 12.2. The van der Waals surface area contributed by atoms with Crippen LogP contribution in [0.2, 0.25) is 0 Å². The van der Waals surface area contributed by atoms with E-state index in [1.165, 1.54) is 0 Å². The lowest BCUT2D eigenvalue weighted by Crippen LogP contribution is -2.44. The van der Waals surface area contributed by atoms with E-state index in [9.17, 15) is 4.79 Å². The summed E-state index contributed by atoms with van der Waals surface area (Å²) < 4.78 is 6.97. The molecule has 1 unspecified atom stereocenters. The van der Waals surface area contributed by atoms with Crippen molar-refractivity contribution in [1.82, 2.24) is 14.8 Å². The molecule has 0 aliphatic carbocycles. The lowest BCUT2D eigenvalue weighted by atomic mass is 9.92. The first-order valence-corrected chi connectivity index (χ1v) is 7.34. The van der Waals surface area contributed by atoms with E-state index in [2.05, 4.69) is 15.4 Å². The molecule has 1 saturated heterocycles. The van der Waals surface area contributed by atoms with E-state index in [4.69, 9.17) is 10.5 Å². The molecule has 1 atom stereocenters. The van der Waals surface area contributed by atoms with E-state index < -0.39 is 6.04 Å². The summed E-state index contributed by atoms with van der Waals surface area (Å²) in [5, 5.41) is 7.10. The molecule has 116 valence electrons. The highest BCUT2D eigenvalue weighted by Gasteiger charge is 2.26. The highest BCUT2D eigenvalue weighted by atomic mass is 16.5. The summed E-state index contributed by atoms with van der Waals surface area (Å²) in [7, 11) is 0. The Kier molecular flexibility index (Phi) is 4.45. The third kappa shape index (κ3) is 3.32. The fourth-order valence-electron chi connectivity index (χ4n) is 2.53. The van der Waals surface area contributed by atoms with Crippen molar-refractivity contribution in [3.05, 3.63) is 36.8 Å². The maximum atomic E-state index is 12.2. The van der Waals surface area contributed by atoms with Crippen LogP contribution in [0.4, 0.5) is 5.82 Å². The summed E-state index contributed by atoms with van der Waals surface area (Å²) in [6.45, 7) is 1.34. The van der Waals surface area contributed by atoms with E-state index >= 15 is 0 Å². The molecule has 1 fully saturated rings. The van der Waals surface area contributed by atoms with E-state index in [1.807, 2.05) is 12.1 Å². The second-order valence-electron chi connectivity index (χ2n) is 5.32. The number of nitrogens with zero attached hydrogens (tertiary/aromatic N) is 3. The van der Waals surface area contributed by atoms with Gasteiger partial charge in [0.05, 0.1) is 11.7 Å². The first-order chi connectivity index (χ1) is 10.7. The van der Waals surface area contributed by atoms with Crippen molar-refractivity contribution in [1.29, 1.82) is 0 Å². The summed E-state index contributed by atoms with van der Waals surface area (Å²) in [6.07, 6.45) is 6.80. The van der Waals surface area contributed by atoms with Gasteiger partial charge in [0.15, 0.2) is 5.82 Å². The lowest BCUT2D eigenvalue weighted by Gasteiger charge is -2.26. The smallest absolute Gasteiger partial charge is 0.242 e. The number of nitrogens with one attached hydrogen (secondary N) is 1. The molecule has 3 N–H and O–H groups in total. The zero-order chi connectivity index (χ0) is 15.4. The molecular formula is C15H19N5O2. The van der Waals surface area contributed by atoms with Crippen molar-refractivity contribution in [2.45, 2.75) is 18.9 Å². The van der Waals surface area contributed by atoms with Gasteiger partial charge in [-0.15, -0.1) is 0 Å². The summed E-state index contributed by atoms with van der Waals surface area (Å²) >= 11 is 0. The number of carbonyl (C=O) groups is 1. The van der Waals surface area contributed by atoms with Crippen molar-refractivity contribution >= 4 is 11.7 Å². The predicted molar refractivity (Wildman–Crippen MR) is 81.5 cm³/mol. The van der Waals surface area contributed by atoms with Gasteiger partial charge < -0.3 is 15.8 Å². The largest absolute Gasteiger partial charge is 0.381 e. The minimum absolute atomic E-state index is 0.163. The minimum Gasteiger partial charge on any atom is -0.381 e. The molecule has 0 saturated carbocycles. The fraction of sp³-hybridized carbons (Fsp3) is 0.400. The maximum Gasteiger partial charge on any atom is 0.242 e. The normalized spacial score (nSPS) is 17.1. The zero-order valence-corrected chi connectivity index (χ0v) is 12.2. The first-order valence-electron chi connectivity index (χ1n) is 7.34. The van der Waals surface area contributed by atoms with Crippen LogP contribution in [0.25, 0.3) is 5.69 Å². The fourth-order valence-corrected chi connectivity index (χ4v) is 2.53. The second-order valence-corrected chi connectivity index (χ2v) is 5.32. The van der Waals surface area contributed by atoms with Gasteiger partial charge in [0.1, 0.15) is 0 Å². The van der Waals surface area contributed by atoms with Gasteiger partial charge in [-0.05, 0) is 30.9 Å². The van der Waals surface area contributed by atoms with Crippen LogP contribution < -0.4 is 11.1 Å². The van der Waals surface area contributed by atoms with Crippen molar-refractivity contribution in [3.8, 4) is 5.69 Å². The van der Waals surface area contributed by atoms with E-state index in [1.54, 1.807) is 29.3 Å². The molecule has 22 heavy (non-hydrogen) atoms. The average molecular weight is 301 g/mol. The average Bonchev–Trinajstić information content (AvgIpc) is 3.04. The number of hydrogen-bond donors (Lipinski definition) is 2. The van der Waals surface area contributed by atoms with Gasteiger partial charge in [0.25, 0.3) is 0 Å². The van der Waals surface area contributed by atoms with Crippen LogP contribution in [0, 0.1) is 5.92 Å². The van der Waals surface area contributed by atoms with Gasteiger partial charge in [-0.3, -0.25) is 9.78 Å². The molecule has 0 spiro atoms. The quantitative estimate of drug-likeness (QED) is 0.877. The standard InChI is InChI=1S/C15H19N5O2/c16-14(11-4-9-22-10-5-11)15(21)18-13-3-8-20(19-13)12-1-6-17-7-2-12/h1-3,6-8,11,14H,4-5,9-10,16H2,(H,18,19,21). The monoisotopic (exact) mass is 301 g/mol. The van der Waals surface area contributed by atoms with Gasteiger partial charge in [0.2, 0.25) is 5.91 Å². The van der Waals surface area contributed by atoms with Crippen LogP contribution >= 0.6 is 0 Å². The number of ether oxygens (including phenoxy) is 1. The van der Waals surface area contributed by atoms with Gasteiger partial charge in [-0.2, -0.15) is 5.10 Å². The van der Waals surface area contributed by atoms with Gasteiger partial charge in [-0.1, -0.05) is 0 Å². The van der Waals surface area contributed by atoms with Gasteiger partial charge in [0, 0.05) is 37.9 Å². The number of pyridine rings is 1. The maximum absolute atomic E-state index is 12.2. The van der Waals surface area contributed by atoms with Crippen LogP contribution in [0.3, 0.4) is 0 Å². The van der Waals surface area contributed by atoms with Gasteiger partial charge >= 0.3 is 0 Å². The Labute approximate surface area is 128 Å². The Morgan fingerprint density at radius 3 is 2.77 bits per heavy atom. The highest BCUT2D eigenvalue weighted by molar-refractivity contribution is 5.94. The highest BCUT2D eigenvalue weighted by Crippen LogP contribution is 2.18. The third-order valence-corrected chi connectivity index (χ3v) is 3.84. The van der Waals surface area contributed by atoms with Gasteiger partial charge in [-0.25, -0.2) is 4.68 Å². The van der Waals surface area contributed by atoms with E-state index in [-0.39, 0.29) is 11.8 Å². The molecular weight excluding hydrogens is 282 g/mol. The molecule has 3 heterocycles. The number of rotatable bonds is 4.